The van der Waals surface area contributed by atoms with E-state index in [4.69, 9.17) is 4.74 Å². The minimum atomic E-state index is -3.68. The highest BCUT2D eigenvalue weighted by Gasteiger charge is 2.30. The Morgan fingerprint density at radius 2 is 1.85 bits per heavy atom. The zero-order valence-electron chi connectivity index (χ0n) is 18.4. The van der Waals surface area contributed by atoms with E-state index in [1.54, 1.807) is 19.1 Å². The van der Waals surface area contributed by atoms with E-state index in [1.807, 2.05) is 55.5 Å². The zero-order chi connectivity index (χ0) is 23.6. The molecule has 0 aliphatic carbocycles. The van der Waals surface area contributed by atoms with Crippen LogP contribution in [0.5, 0.6) is 5.75 Å². The first kappa shape index (κ1) is 23.3. The summed E-state index contributed by atoms with van der Waals surface area (Å²) in [5.41, 5.74) is 3.39. The maximum atomic E-state index is 13.2. The Morgan fingerprint density at radius 3 is 2.58 bits per heavy atom. The first-order chi connectivity index (χ1) is 15.8. The minimum Gasteiger partial charge on any atom is -0.484 e. The predicted molar refractivity (Wildman–Crippen MR) is 132 cm³/mol. The molecule has 172 valence electrons. The van der Waals surface area contributed by atoms with Gasteiger partial charge < -0.3 is 10.1 Å². The van der Waals surface area contributed by atoms with Crippen molar-refractivity contribution in [2.75, 3.05) is 17.5 Å². The first-order valence-corrected chi connectivity index (χ1v) is 12.9. The summed E-state index contributed by atoms with van der Waals surface area (Å²) in [4.78, 5) is 12.6. The SMILES string of the molecule is Cc1cc(S(=O)(=O)N2CCc3ccccc32)ccc1OCC(=O)N[C@H](C)c1ccc(Br)cc1. The number of aryl methyl sites for hydroxylation is 1. The van der Waals surface area contributed by atoms with E-state index in [0.717, 1.165) is 21.3 Å². The van der Waals surface area contributed by atoms with Crippen molar-refractivity contribution in [3.05, 3.63) is 87.9 Å². The fourth-order valence-corrected chi connectivity index (χ4v) is 5.74. The molecule has 1 amide bonds. The van der Waals surface area contributed by atoms with E-state index >= 15 is 0 Å². The highest BCUT2D eigenvalue weighted by Crippen LogP contribution is 2.33. The third kappa shape index (κ3) is 5.07. The second-order valence-electron chi connectivity index (χ2n) is 8.01. The summed E-state index contributed by atoms with van der Waals surface area (Å²) in [6.07, 6.45) is 0.698. The molecule has 1 heterocycles. The Morgan fingerprint density at radius 1 is 1.12 bits per heavy atom. The van der Waals surface area contributed by atoms with Crippen LogP contribution in [-0.2, 0) is 21.2 Å². The van der Waals surface area contributed by atoms with E-state index in [1.165, 1.54) is 10.4 Å². The van der Waals surface area contributed by atoms with Gasteiger partial charge >= 0.3 is 0 Å². The number of ether oxygens (including phenoxy) is 1. The van der Waals surface area contributed by atoms with Gasteiger partial charge in [-0.15, -0.1) is 0 Å². The van der Waals surface area contributed by atoms with Crippen LogP contribution in [0, 0.1) is 6.92 Å². The van der Waals surface area contributed by atoms with Crippen LogP contribution in [-0.4, -0.2) is 27.5 Å². The van der Waals surface area contributed by atoms with Crippen LogP contribution >= 0.6 is 15.9 Å². The minimum absolute atomic E-state index is 0.159. The van der Waals surface area contributed by atoms with Gasteiger partial charge in [0, 0.05) is 11.0 Å². The van der Waals surface area contributed by atoms with Gasteiger partial charge in [0.1, 0.15) is 5.75 Å². The molecule has 1 aliphatic rings. The van der Waals surface area contributed by atoms with E-state index in [0.29, 0.717) is 24.3 Å². The number of nitrogens with zero attached hydrogens (tertiary/aromatic N) is 1. The number of halogens is 1. The lowest BCUT2D eigenvalue weighted by atomic mass is 10.1. The molecule has 1 aliphatic heterocycles. The number of rotatable bonds is 7. The quantitative estimate of drug-likeness (QED) is 0.479. The number of nitrogens with one attached hydrogen (secondary N) is 1. The van der Waals surface area contributed by atoms with E-state index < -0.39 is 10.0 Å². The molecule has 1 N–H and O–H groups in total. The number of carbonyl (C=O) groups is 1. The summed E-state index contributed by atoms with van der Waals surface area (Å²) < 4.78 is 34.5. The number of carbonyl (C=O) groups excluding carboxylic acids is 1. The van der Waals surface area contributed by atoms with Gasteiger partial charge in [0.15, 0.2) is 6.61 Å². The van der Waals surface area contributed by atoms with Gasteiger partial charge in [0.25, 0.3) is 15.9 Å². The third-order valence-corrected chi connectivity index (χ3v) is 8.02. The van der Waals surface area contributed by atoms with E-state index in [-0.39, 0.29) is 23.5 Å². The smallest absolute Gasteiger partial charge is 0.264 e. The standard InChI is InChI=1S/C25H25BrN2O4S/c1-17-15-22(33(30,31)28-14-13-20-5-3-4-6-23(20)28)11-12-24(17)32-16-25(29)27-18(2)19-7-9-21(26)10-8-19/h3-12,15,18H,13-14,16H2,1-2H3,(H,27,29)/t18-/m1/s1. The highest BCUT2D eigenvalue weighted by molar-refractivity contribution is 9.10. The van der Waals surface area contributed by atoms with Crippen LogP contribution < -0.4 is 14.4 Å². The summed E-state index contributed by atoms with van der Waals surface area (Å²) in [5.74, 6) is 0.220. The molecule has 0 bridgehead atoms. The number of fused-ring (bicyclic) bond motifs is 1. The lowest BCUT2D eigenvalue weighted by molar-refractivity contribution is -0.123. The van der Waals surface area contributed by atoms with Crippen molar-refractivity contribution in [2.24, 2.45) is 0 Å². The second-order valence-corrected chi connectivity index (χ2v) is 10.8. The average molecular weight is 529 g/mol. The van der Waals surface area contributed by atoms with Gasteiger partial charge in [-0.25, -0.2) is 8.42 Å². The molecule has 0 unspecified atom stereocenters. The average Bonchev–Trinajstić information content (AvgIpc) is 3.23. The fourth-order valence-electron chi connectivity index (χ4n) is 3.89. The van der Waals surface area contributed by atoms with Crippen LogP contribution in [0.15, 0.2) is 76.1 Å². The second kappa shape index (κ2) is 9.57. The molecule has 0 aromatic heterocycles. The van der Waals surface area contributed by atoms with Crippen LogP contribution in [0.25, 0.3) is 0 Å². The molecular weight excluding hydrogens is 504 g/mol. The number of hydrogen-bond donors (Lipinski definition) is 1. The highest BCUT2D eigenvalue weighted by atomic mass is 79.9. The number of para-hydroxylation sites is 1. The summed E-state index contributed by atoms with van der Waals surface area (Å²) in [6, 6.07) is 19.8. The van der Waals surface area contributed by atoms with Gasteiger partial charge in [0.05, 0.1) is 16.6 Å². The maximum absolute atomic E-state index is 13.2. The van der Waals surface area contributed by atoms with Gasteiger partial charge in [0.2, 0.25) is 0 Å². The summed E-state index contributed by atoms with van der Waals surface area (Å²) >= 11 is 3.40. The van der Waals surface area contributed by atoms with Crippen molar-refractivity contribution in [1.82, 2.24) is 5.32 Å². The molecule has 33 heavy (non-hydrogen) atoms. The van der Waals surface area contributed by atoms with Crippen LogP contribution in [0.2, 0.25) is 0 Å². The summed E-state index contributed by atoms with van der Waals surface area (Å²) in [6.45, 7) is 3.94. The number of benzene rings is 3. The van der Waals surface area contributed by atoms with E-state index in [9.17, 15) is 13.2 Å². The summed E-state index contributed by atoms with van der Waals surface area (Å²) in [5, 5.41) is 2.91. The topological polar surface area (TPSA) is 75.7 Å². The maximum Gasteiger partial charge on any atom is 0.264 e. The normalized spacial score (nSPS) is 14.0. The van der Waals surface area contributed by atoms with Crippen molar-refractivity contribution in [1.29, 1.82) is 0 Å². The molecule has 4 rings (SSSR count). The van der Waals surface area contributed by atoms with Crippen molar-refractivity contribution in [2.45, 2.75) is 31.2 Å². The molecule has 0 spiro atoms. The van der Waals surface area contributed by atoms with E-state index in [2.05, 4.69) is 21.2 Å². The monoisotopic (exact) mass is 528 g/mol. The number of anilines is 1. The van der Waals surface area contributed by atoms with Crippen molar-refractivity contribution in [3.63, 3.8) is 0 Å². The largest absolute Gasteiger partial charge is 0.484 e. The van der Waals surface area contributed by atoms with Gasteiger partial charge in [-0.1, -0.05) is 46.3 Å². The molecule has 0 saturated carbocycles. The zero-order valence-corrected chi connectivity index (χ0v) is 20.8. The Hall–Kier alpha value is -2.84. The third-order valence-electron chi connectivity index (χ3n) is 5.69. The van der Waals surface area contributed by atoms with Gasteiger partial charge in [-0.2, -0.15) is 0 Å². The van der Waals surface area contributed by atoms with Gasteiger partial charge in [-0.05, 0) is 73.4 Å². The molecule has 6 nitrogen and oxygen atoms in total. The Labute approximate surface area is 202 Å². The molecule has 0 radical (unpaired) electrons. The molecule has 1 atom stereocenters. The van der Waals surface area contributed by atoms with Crippen molar-refractivity contribution < 1.29 is 17.9 Å². The van der Waals surface area contributed by atoms with Crippen molar-refractivity contribution >= 4 is 37.5 Å². The molecule has 8 heteroatoms. The molecule has 3 aromatic carbocycles. The molecule has 3 aromatic rings. The van der Waals surface area contributed by atoms with Gasteiger partial charge in [-0.3, -0.25) is 9.10 Å². The lowest BCUT2D eigenvalue weighted by Crippen LogP contribution is -2.31. The Bertz CT molecular complexity index is 1280. The number of amides is 1. The summed E-state index contributed by atoms with van der Waals surface area (Å²) in [7, 11) is -3.68. The first-order valence-electron chi connectivity index (χ1n) is 10.6. The number of sulfonamides is 1. The molecular formula is C25H25BrN2O4S. The fraction of sp³-hybridized carbons (Fsp3) is 0.240. The van der Waals surface area contributed by atoms with Crippen LogP contribution in [0.3, 0.4) is 0 Å². The van der Waals surface area contributed by atoms with Crippen LogP contribution in [0.1, 0.15) is 29.7 Å². The Balaban J connectivity index is 1.41. The van der Waals surface area contributed by atoms with Crippen LogP contribution in [0.4, 0.5) is 5.69 Å². The molecule has 0 saturated heterocycles. The lowest BCUT2D eigenvalue weighted by Gasteiger charge is -2.20. The number of hydrogen-bond acceptors (Lipinski definition) is 4. The molecule has 0 fully saturated rings. The predicted octanol–water partition coefficient (Wildman–Crippen LogP) is 4.77. The van der Waals surface area contributed by atoms with Crippen molar-refractivity contribution in [3.8, 4) is 5.75 Å². The Kier molecular flexibility index (Phi) is 6.76.